The average molecular weight is 234 g/mol. The van der Waals surface area contributed by atoms with E-state index in [-0.39, 0.29) is 19.3 Å². The van der Waals surface area contributed by atoms with E-state index in [1.807, 2.05) is 0 Å². The molecule has 92 valence electrons. The molecule has 7 nitrogen and oxygen atoms in total. The maximum Gasteiger partial charge on any atom is 0.310 e. The minimum atomic E-state index is -1.08. The van der Waals surface area contributed by atoms with Crippen molar-refractivity contribution in [3.8, 4) is 0 Å². The van der Waals surface area contributed by atoms with Crippen molar-refractivity contribution in [3.05, 3.63) is 0 Å². The molecule has 0 aliphatic heterocycles. The van der Waals surface area contributed by atoms with Crippen LogP contribution in [0, 0.1) is 0 Å². The van der Waals surface area contributed by atoms with Gasteiger partial charge in [0.2, 0.25) is 0 Å². The first kappa shape index (κ1) is 16.5. The number of aldehydes is 1. The molecule has 0 fully saturated rings. The van der Waals surface area contributed by atoms with Crippen LogP contribution in [-0.2, 0) is 19.2 Å². The van der Waals surface area contributed by atoms with E-state index in [1.54, 1.807) is 0 Å². The molecule has 0 radical (unpaired) electrons. The monoisotopic (exact) mass is 234 g/mol. The fourth-order valence-electron chi connectivity index (χ4n) is 0.624. The van der Waals surface area contributed by atoms with Crippen LogP contribution in [0.3, 0.4) is 0 Å². The fraction of sp³-hybridized carbons (Fsp3) is 0.556. The Kier molecular flexibility index (Phi) is 11.5. The van der Waals surface area contributed by atoms with Crippen LogP contribution in [0.25, 0.3) is 0 Å². The van der Waals surface area contributed by atoms with Crippen LogP contribution >= 0.6 is 0 Å². The number of carbonyl (C=O) groups excluding carboxylic acids is 1. The van der Waals surface area contributed by atoms with Gasteiger partial charge in [-0.15, -0.1) is 0 Å². The largest absolute Gasteiger partial charge is 0.481 e. The summed E-state index contributed by atoms with van der Waals surface area (Å²) in [6.07, 6.45) is 0.978. The van der Waals surface area contributed by atoms with Crippen LogP contribution in [-0.4, -0.2) is 39.5 Å². The average Bonchev–Trinajstić information content (AvgIpc) is 2.12. The lowest BCUT2D eigenvalue weighted by atomic mass is 10.2. The first-order valence-electron chi connectivity index (χ1n) is 4.49. The smallest absolute Gasteiger partial charge is 0.310 e. The summed E-state index contributed by atoms with van der Waals surface area (Å²) in [7, 11) is 0. The van der Waals surface area contributed by atoms with Gasteiger partial charge in [-0.3, -0.25) is 14.4 Å². The van der Waals surface area contributed by atoms with Gasteiger partial charge >= 0.3 is 17.9 Å². The molecule has 0 unspecified atom stereocenters. The summed E-state index contributed by atoms with van der Waals surface area (Å²) < 4.78 is 0. The molecule has 0 amide bonds. The standard InChI is InChI=1S/C6H10O4.C3H4O3/c7-5(8)3-1-2-4-6(9)10;4-2-1-3(5)6/h1-4H2,(H,7,8)(H,9,10);2H,1H2,(H,5,6). The molecule has 0 aliphatic rings. The van der Waals surface area contributed by atoms with E-state index in [2.05, 4.69) is 0 Å². The Bertz CT molecular complexity index is 230. The third kappa shape index (κ3) is 22.7. The second-order valence-electron chi connectivity index (χ2n) is 2.76. The van der Waals surface area contributed by atoms with Crippen LogP contribution in [0.1, 0.15) is 32.1 Å². The Morgan fingerprint density at radius 3 is 1.31 bits per heavy atom. The molecule has 0 atom stereocenters. The van der Waals surface area contributed by atoms with Crippen molar-refractivity contribution in [2.75, 3.05) is 0 Å². The zero-order chi connectivity index (χ0) is 13.0. The van der Waals surface area contributed by atoms with Crippen molar-refractivity contribution >= 4 is 24.2 Å². The Labute approximate surface area is 91.7 Å². The van der Waals surface area contributed by atoms with Crippen molar-refractivity contribution in [1.29, 1.82) is 0 Å². The topological polar surface area (TPSA) is 129 Å². The molecule has 3 N–H and O–H groups in total. The van der Waals surface area contributed by atoms with Gasteiger partial charge in [0, 0.05) is 12.8 Å². The van der Waals surface area contributed by atoms with Crippen LogP contribution in [0.2, 0.25) is 0 Å². The molecule has 0 bridgehead atoms. The van der Waals surface area contributed by atoms with Gasteiger partial charge < -0.3 is 20.1 Å². The summed E-state index contributed by atoms with van der Waals surface area (Å²) in [4.78, 5) is 38.4. The van der Waals surface area contributed by atoms with E-state index < -0.39 is 17.9 Å². The van der Waals surface area contributed by atoms with Gasteiger partial charge in [-0.25, -0.2) is 0 Å². The normalized spacial score (nSPS) is 8.50. The molecular formula is C9H14O7. The molecule has 0 aromatic heterocycles. The van der Waals surface area contributed by atoms with Crippen molar-refractivity contribution < 1.29 is 34.5 Å². The van der Waals surface area contributed by atoms with E-state index in [0.29, 0.717) is 19.1 Å². The van der Waals surface area contributed by atoms with Crippen LogP contribution in [0.4, 0.5) is 0 Å². The van der Waals surface area contributed by atoms with Gasteiger partial charge in [0.25, 0.3) is 0 Å². The lowest BCUT2D eigenvalue weighted by molar-refractivity contribution is -0.139. The van der Waals surface area contributed by atoms with Crippen LogP contribution < -0.4 is 0 Å². The molecule has 0 rings (SSSR count). The van der Waals surface area contributed by atoms with Crippen molar-refractivity contribution in [1.82, 2.24) is 0 Å². The zero-order valence-electron chi connectivity index (χ0n) is 8.59. The first-order chi connectivity index (χ1) is 7.40. The molecule has 0 aromatic rings. The number of unbranched alkanes of at least 4 members (excludes halogenated alkanes) is 1. The lowest BCUT2D eigenvalue weighted by Crippen LogP contribution is -1.97. The third-order valence-electron chi connectivity index (χ3n) is 1.29. The van der Waals surface area contributed by atoms with Crippen molar-refractivity contribution in [2.24, 2.45) is 0 Å². The SMILES string of the molecule is O=C(O)CCCCC(=O)O.O=CCC(=O)O. The highest BCUT2D eigenvalue weighted by Crippen LogP contribution is 1.98. The molecule has 7 heteroatoms. The quantitative estimate of drug-likeness (QED) is 0.329. The van der Waals surface area contributed by atoms with E-state index in [1.165, 1.54) is 0 Å². The highest BCUT2D eigenvalue weighted by molar-refractivity contribution is 5.82. The predicted octanol–water partition coefficient (Wildman–Crippen LogP) is 0.376. The third-order valence-corrected chi connectivity index (χ3v) is 1.29. The number of hydrogen-bond donors (Lipinski definition) is 3. The lowest BCUT2D eigenvalue weighted by Gasteiger charge is -1.92. The molecule has 0 aromatic carbocycles. The maximum absolute atomic E-state index is 9.90. The number of aliphatic carboxylic acids is 3. The molecule has 0 saturated heterocycles. The van der Waals surface area contributed by atoms with Gasteiger partial charge in [0.1, 0.15) is 12.7 Å². The highest BCUT2D eigenvalue weighted by atomic mass is 16.4. The molecule has 0 spiro atoms. The molecule has 16 heavy (non-hydrogen) atoms. The van der Waals surface area contributed by atoms with Gasteiger partial charge in [-0.2, -0.15) is 0 Å². The maximum atomic E-state index is 9.90. The highest BCUT2D eigenvalue weighted by Gasteiger charge is 1.99. The van der Waals surface area contributed by atoms with Crippen molar-refractivity contribution in [3.63, 3.8) is 0 Å². The molecule has 0 saturated carbocycles. The number of rotatable bonds is 7. The molecule has 0 aliphatic carbocycles. The van der Waals surface area contributed by atoms with E-state index >= 15 is 0 Å². The second-order valence-corrected chi connectivity index (χ2v) is 2.76. The van der Waals surface area contributed by atoms with Gasteiger partial charge in [-0.05, 0) is 12.8 Å². The van der Waals surface area contributed by atoms with E-state index in [4.69, 9.17) is 15.3 Å². The fourth-order valence-corrected chi connectivity index (χ4v) is 0.624. The number of carbonyl (C=O) groups is 4. The van der Waals surface area contributed by atoms with Gasteiger partial charge in [0.05, 0.1) is 0 Å². The minimum Gasteiger partial charge on any atom is -0.481 e. The second kappa shape index (κ2) is 11.2. The summed E-state index contributed by atoms with van der Waals surface area (Å²) >= 11 is 0. The van der Waals surface area contributed by atoms with Crippen LogP contribution in [0.15, 0.2) is 0 Å². The Balaban J connectivity index is 0. The Morgan fingerprint density at radius 1 is 0.812 bits per heavy atom. The van der Waals surface area contributed by atoms with Gasteiger partial charge in [-0.1, -0.05) is 0 Å². The molecule has 0 heterocycles. The molecular weight excluding hydrogens is 220 g/mol. The Morgan fingerprint density at radius 2 is 1.19 bits per heavy atom. The summed E-state index contributed by atoms with van der Waals surface area (Å²) in [5.74, 6) is -2.82. The van der Waals surface area contributed by atoms with Crippen molar-refractivity contribution in [2.45, 2.75) is 32.1 Å². The summed E-state index contributed by atoms with van der Waals surface area (Å²) in [5, 5.41) is 23.9. The number of hydrogen-bond acceptors (Lipinski definition) is 4. The number of carboxylic acids is 3. The zero-order valence-corrected chi connectivity index (χ0v) is 8.59. The summed E-state index contributed by atoms with van der Waals surface area (Å²) in [5.41, 5.74) is 0. The first-order valence-corrected chi connectivity index (χ1v) is 4.49. The summed E-state index contributed by atoms with van der Waals surface area (Å²) in [6, 6.07) is 0. The van der Waals surface area contributed by atoms with E-state index in [0.717, 1.165) is 0 Å². The van der Waals surface area contributed by atoms with E-state index in [9.17, 15) is 19.2 Å². The Hall–Kier alpha value is -1.92. The van der Waals surface area contributed by atoms with Crippen LogP contribution in [0.5, 0.6) is 0 Å². The predicted molar refractivity (Wildman–Crippen MR) is 52.1 cm³/mol. The number of carboxylic acid groups (broad SMARTS) is 3. The van der Waals surface area contributed by atoms with Gasteiger partial charge in [0.15, 0.2) is 0 Å². The summed E-state index contributed by atoms with van der Waals surface area (Å²) in [6.45, 7) is 0. The minimum absolute atomic E-state index is 0.0628.